The molecule has 0 aromatic heterocycles. The van der Waals surface area contributed by atoms with Crippen LogP contribution in [0.1, 0.15) is 38.7 Å². The minimum atomic E-state index is -0.681. The minimum absolute atomic E-state index is 0.108. The van der Waals surface area contributed by atoms with E-state index in [-0.39, 0.29) is 12.5 Å². The summed E-state index contributed by atoms with van der Waals surface area (Å²) in [6.45, 7) is 7.70. The Hall–Kier alpha value is -1.84. The fourth-order valence-corrected chi connectivity index (χ4v) is 2.27. The van der Waals surface area contributed by atoms with Crippen LogP contribution >= 0.6 is 0 Å². The molecule has 3 nitrogen and oxygen atoms in total. The molecule has 0 aliphatic heterocycles. The molecule has 2 N–H and O–H groups in total. The molecule has 0 bridgehead atoms. The van der Waals surface area contributed by atoms with Gasteiger partial charge in [0.2, 0.25) is 5.91 Å². The van der Waals surface area contributed by atoms with Gasteiger partial charge in [-0.3, -0.25) is 4.79 Å². The number of aromatic hydroxyl groups is 1. The molecule has 0 aliphatic carbocycles. The van der Waals surface area contributed by atoms with E-state index >= 15 is 0 Å². The van der Waals surface area contributed by atoms with Gasteiger partial charge in [-0.25, -0.2) is 4.39 Å². The fourth-order valence-electron chi connectivity index (χ4n) is 2.27. The molecule has 0 radical (unpaired) electrons. The molecule has 1 aromatic carbocycles. The maximum Gasteiger partial charge on any atom is 0.226 e. The van der Waals surface area contributed by atoms with Gasteiger partial charge in [-0.2, -0.15) is 0 Å². The zero-order chi connectivity index (χ0) is 15.2. The molecule has 0 heterocycles. The van der Waals surface area contributed by atoms with E-state index in [1.165, 1.54) is 12.1 Å². The number of amides is 1. The number of rotatable bonds is 7. The maximum absolute atomic E-state index is 13.2. The smallest absolute Gasteiger partial charge is 0.226 e. The Morgan fingerprint density at radius 2 is 2.25 bits per heavy atom. The number of benzene rings is 1. The van der Waals surface area contributed by atoms with Crippen LogP contribution in [0.5, 0.6) is 5.75 Å². The van der Waals surface area contributed by atoms with Gasteiger partial charge >= 0.3 is 0 Å². The molecule has 0 saturated heterocycles. The van der Waals surface area contributed by atoms with Crippen LogP contribution in [-0.2, 0) is 11.3 Å². The molecular formula is C16H22FNO2. The standard InChI is InChI=1S/C16H22FNO2/c1-4-9-16(3,10-5-2)15(20)18-11-12-7-6-8-13(17)14(12)19/h4,6-8,19H,1,5,9-11H2,2-3H3,(H,18,20). The average Bonchev–Trinajstić information content (AvgIpc) is 2.40. The molecule has 1 aromatic rings. The number of hydrogen-bond acceptors (Lipinski definition) is 2. The van der Waals surface area contributed by atoms with Crippen molar-refractivity contribution in [1.82, 2.24) is 5.32 Å². The van der Waals surface area contributed by atoms with E-state index in [4.69, 9.17) is 0 Å². The van der Waals surface area contributed by atoms with Crippen molar-refractivity contribution >= 4 is 5.91 Å². The summed E-state index contributed by atoms with van der Waals surface area (Å²) < 4.78 is 13.2. The van der Waals surface area contributed by atoms with Crippen molar-refractivity contribution < 1.29 is 14.3 Å². The number of nitrogens with one attached hydrogen (secondary N) is 1. The van der Waals surface area contributed by atoms with Gasteiger partial charge in [0.15, 0.2) is 11.6 Å². The number of carbonyl (C=O) groups is 1. The van der Waals surface area contributed by atoms with Crippen LogP contribution in [0.25, 0.3) is 0 Å². The van der Waals surface area contributed by atoms with Crippen molar-refractivity contribution in [3.05, 3.63) is 42.2 Å². The summed E-state index contributed by atoms with van der Waals surface area (Å²) in [5, 5.41) is 12.3. The number of halogens is 1. The molecule has 1 atom stereocenters. The Kier molecular flexibility index (Phi) is 5.74. The zero-order valence-corrected chi connectivity index (χ0v) is 12.1. The first-order valence-corrected chi connectivity index (χ1v) is 6.80. The van der Waals surface area contributed by atoms with E-state index < -0.39 is 17.0 Å². The van der Waals surface area contributed by atoms with Crippen LogP contribution in [0.3, 0.4) is 0 Å². The second-order valence-electron chi connectivity index (χ2n) is 5.23. The van der Waals surface area contributed by atoms with Crippen molar-refractivity contribution in [2.45, 2.75) is 39.7 Å². The van der Waals surface area contributed by atoms with E-state index in [9.17, 15) is 14.3 Å². The lowest BCUT2D eigenvalue weighted by Gasteiger charge is -2.26. The molecule has 20 heavy (non-hydrogen) atoms. The maximum atomic E-state index is 13.2. The minimum Gasteiger partial charge on any atom is -0.505 e. The van der Waals surface area contributed by atoms with Crippen LogP contribution in [0.2, 0.25) is 0 Å². The number of phenolic OH excluding ortho intramolecular Hbond substituents is 1. The van der Waals surface area contributed by atoms with Crippen molar-refractivity contribution in [1.29, 1.82) is 0 Å². The van der Waals surface area contributed by atoms with Crippen LogP contribution < -0.4 is 5.32 Å². The normalized spacial score (nSPS) is 13.6. The molecule has 1 amide bonds. The Bertz CT molecular complexity index is 487. The zero-order valence-electron chi connectivity index (χ0n) is 12.1. The molecule has 0 spiro atoms. The summed E-state index contributed by atoms with van der Waals surface area (Å²) >= 11 is 0. The number of para-hydroxylation sites is 1. The first kappa shape index (κ1) is 16.2. The lowest BCUT2D eigenvalue weighted by atomic mass is 9.81. The third kappa shape index (κ3) is 3.83. The van der Waals surface area contributed by atoms with Gasteiger partial charge in [0, 0.05) is 17.5 Å². The monoisotopic (exact) mass is 279 g/mol. The molecule has 1 unspecified atom stereocenters. The quantitative estimate of drug-likeness (QED) is 0.750. The highest BCUT2D eigenvalue weighted by atomic mass is 19.1. The lowest BCUT2D eigenvalue weighted by Crippen LogP contribution is -2.38. The Labute approximate surface area is 119 Å². The summed E-state index contributed by atoms with van der Waals surface area (Å²) in [5.41, 5.74) is -0.143. The summed E-state index contributed by atoms with van der Waals surface area (Å²) in [6.07, 6.45) is 3.96. The summed E-state index contributed by atoms with van der Waals surface area (Å²) in [4.78, 5) is 12.3. The van der Waals surface area contributed by atoms with Gasteiger partial charge in [-0.1, -0.05) is 38.5 Å². The summed E-state index contributed by atoms with van der Waals surface area (Å²) in [6, 6.07) is 4.27. The van der Waals surface area contributed by atoms with Gasteiger partial charge < -0.3 is 10.4 Å². The Morgan fingerprint density at radius 3 is 2.85 bits per heavy atom. The average molecular weight is 279 g/mol. The number of allylic oxidation sites excluding steroid dienone is 1. The highest BCUT2D eigenvalue weighted by Gasteiger charge is 2.30. The van der Waals surface area contributed by atoms with Crippen LogP contribution in [0.15, 0.2) is 30.9 Å². The van der Waals surface area contributed by atoms with Gasteiger partial charge in [-0.05, 0) is 18.9 Å². The third-order valence-electron chi connectivity index (χ3n) is 3.45. The molecule has 1 rings (SSSR count). The SMILES string of the molecule is C=CCC(C)(CCC)C(=O)NCc1cccc(F)c1O. The first-order chi connectivity index (χ1) is 9.44. The van der Waals surface area contributed by atoms with Crippen LogP contribution in [0, 0.1) is 11.2 Å². The van der Waals surface area contributed by atoms with Crippen LogP contribution in [0.4, 0.5) is 4.39 Å². The Balaban J connectivity index is 2.74. The van der Waals surface area contributed by atoms with E-state index in [2.05, 4.69) is 11.9 Å². The predicted octanol–water partition coefficient (Wildman–Crippen LogP) is 3.53. The van der Waals surface area contributed by atoms with Crippen LogP contribution in [-0.4, -0.2) is 11.0 Å². The lowest BCUT2D eigenvalue weighted by molar-refractivity contribution is -0.130. The van der Waals surface area contributed by atoms with Crippen molar-refractivity contribution in [3.63, 3.8) is 0 Å². The largest absolute Gasteiger partial charge is 0.505 e. The topological polar surface area (TPSA) is 49.3 Å². The molecular weight excluding hydrogens is 257 g/mol. The molecule has 4 heteroatoms. The fraction of sp³-hybridized carbons (Fsp3) is 0.438. The number of phenols is 1. The van der Waals surface area contributed by atoms with Crippen molar-refractivity contribution in [2.24, 2.45) is 5.41 Å². The van der Waals surface area contributed by atoms with E-state index in [0.29, 0.717) is 12.0 Å². The van der Waals surface area contributed by atoms with E-state index in [0.717, 1.165) is 12.8 Å². The van der Waals surface area contributed by atoms with Gasteiger partial charge in [0.05, 0.1) is 0 Å². The Morgan fingerprint density at radius 1 is 1.55 bits per heavy atom. The van der Waals surface area contributed by atoms with Crippen molar-refractivity contribution in [2.75, 3.05) is 0 Å². The van der Waals surface area contributed by atoms with Crippen molar-refractivity contribution in [3.8, 4) is 5.75 Å². The van der Waals surface area contributed by atoms with E-state index in [1.54, 1.807) is 12.1 Å². The van der Waals surface area contributed by atoms with E-state index in [1.807, 2.05) is 13.8 Å². The van der Waals surface area contributed by atoms with Gasteiger partial charge in [0.25, 0.3) is 0 Å². The second kappa shape index (κ2) is 7.08. The second-order valence-corrected chi connectivity index (χ2v) is 5.23. The highest BCUT2D eigenvalue weighted by molar-refractivity contribution is 5.82. The molecule has 0 saturated carbocycles. The van der Waals surface area contributed by atoms with Gasteiger partial charge in [0.1, 0.15) is 0 Å². The predicted molar refractivity (Wildman–Crippen MR) is 77.7 cm³/mol. The number of carbonyl (C=O) groups excluding carboxylic acids is 1. The summed E-state index contributed by atoms with van der Waals surface area (Å²) in [7, 11) is 0. The molecule has 110 valence electrons. The molecule has 0 fully saturated rings. The summed E-state index contributed by atoms with van der Waals surface area (Å²) in [5.74, 6) is -1.20. The third-order valence-corrected chi connectivity index (χ3v) is 3.45. The first-order valence-electron chi connectivity index (χ1n) is 6.80. The highest BCUT2D eigenvalue weighted by Crippen LogP contribution is 2.29. The van der Waals surface area contributed by atoms with Gasteiger partial charge in [-0.15, -0.1) is 6.58 Å². The molecule has 0 aliphatic rings. The number of hydrogen-bond donors (Lipinski definition) is 2.